The van der Waals surface area contributed by atoms with Gasteiger partial charge in [0.15, 0.2) is 0 Å². The molecule has 0 spiro atoms. The molecule has 2 aromatic rings. The van der Waals surface area contributed by atoms with E-state index in [-0.39, 0.29) is 38.9 Å². The molecule has 0 atom stereocenters. The van der Waals surface area contributed by atoms with E-state index in [1.165, 1.54) is 32.4 Å². The number of anilines is 2. The highest BCUT2D eigenvalue weighted by Gasteiger charge is 2.28. The molecular formula is C16H15ClN2O6S. The summed E-state index contributed by atoms with van der Waals surface area (Å²) in [6.07, 6.45) is 0. The van der Waals surface area contributed by atoms with Crippen molar-refractivity contribution in [3.8, 4) is 0 Å². The first-order valence-corrected chi connectivity index (χ1v) is 8.29. The number of carbonyl (C=O) groups excluding carboxylic acids is 3. The fourth-order valence-electron chi connectivity index (χ4n) is 2.10. The largest absolute Gasteiger partial charge is 0.465 e. The molecule has 0 aliphatic carbocycles. The maximum atomic E-state index is 12.2. The zero-order valence-corrected chi connectivity index (χ0v) is 15.4. The lowest BCUT2D eigenvalue weighted by atomic mass is 10.1. The third kappa shape index (κ3) is 3.89. The third-order valence-corrected chi connectivity index (χ3v) is 4.76. The van der Waals surface area contributed by atoms with Crippen LogP contribution < -0.4 is 11.5 Å². The Kier molecular flexibility index (Phi) is 6.06. The second kappa shape index (κ2) is 8.07. The van der Waals surface area contributed by atoms with Crippen molar-refractivity contribution >= 4 is 51.5 Å². The summed E-state index contributed by atoms with van der Waals surface area (Å²) in [6, 6.07) is 4.25. The van der Waals surface area contributed by atoms with Gasteiger partial charge in [0.1, 0.15) is 22.0 Å². The molecule has 0 aliphatic heterocycles. The van der Waals surface area contributed by atoms with Gasteiger partial charge in [-0.05, 0) is 18.2 Å². The number of hydrogen-bond acceptors (Lipinski definition) is 9. The van der Waals surface area contributed by atoms with Crippen molar-refractivity contribution in [3.63, 3.8) is 0 Å². The summed E-state index contributed by atoms with van der Waals surface area (Å²) in [7, 11) is 2.35. The van der Waals surface area contributed by atoms with Gasteiger partial charge in [-0.1, -0.05) is 11.6 Å². The van der Waals surface area contributed by atoms with Crippen molar-refractivity contribution in [2.45, 2.75) is 6.61 Å². The second-order valence-electron chi connectivity index (χ2n) is 4.94. The Morgan fingerprint density at radius 1 is 1.08 bits per heavy atom. The van der Waals surface area contributed by atoms with Crippen LogP contribution in [0.4, 0.5) is 10.7 Å². The molecule has 4 N–H and O–H groups in total. The Bertz CT molecular complexity index is 880. The molecule has 0 saturated carbocycles. The predicted molar refractivity (Wildman–Crippen MR) is 96.4 cm³/mol. The van der Waals surface area contributed by atoms with E-state index in [2.05, 4.69) is 9.47 Å². The smallest absolute Gasteiger partial charge is 0.348 e. The highest BCUT2D eigenvalue weighted by Crippen LogP contribution is 2.33. The first-order valence-electron chi connectivity index (χ1n) is 7.10. The van der Waals surface area contributed by atoms with Gasteiger partial charge >= 0.3 is 17.9 Å². The first kappa shape index (κ1) is 19.5. The van der Waals surface area contributed by atoms with Gasteiger partial charge < -0.3 is 25.7 Å². The van der Waals surface area contributed by atoms with E-state index in [4.69, 9.17) is 27.8 Å². The number of rotatable bonds is 5. The van der Waals surface area contributed by atoms with Gasteiger partial charge in [-0.2, -0.15) is 0 Å². The van der Waals surface area contributed by atoms with E-state index in [1.807, 2.05) is 0 Å². The van der Waals surface area contributed by atoms with Crippen LogP contribution in [0.3, 0.4) is 0 Å². The van der Waals surface area contributed by atoms with Crippen LogP contribution in [0, 0.1) is 0 Å². The molecule has 8 nitrogen and oxygen atoms in total. The van der Waals surface area contributed by atoms with Crippen molar-refractivity contribution in [2.24, 2.45) is 0 Å². The summed E-state index contributed by atoms with van der Waals surface area (Å²) >= 11 is 6.65. The number of carbonyl (C=O) groups is 3. The monoisotopic (exact) mass is 398 g/mol. The summed E-state index contributed by atoms with van der Waals surface area (Å²) < 4.78 is 14.5. The minimum atomic E-state index is -0.754. The zero-order valence-electron chi connectivity index (χ0n) is 13.8. The molecule has 0 unspecified atom stereocenters. The average molecular weight is 399 g/mol. The molecule has 1 heterocycles. The first-order chi connectivity index (χ1) is 12.3. The molecule has 1 aromatic carbocycles. The lowest BCUT2D eigenvalue weighted by Gasteiger charge is -2.08. The summed E-state index contributed by atoms with van der Waals surface area (Å²) in [6.45, 7) is -0.385. The number of hydrogen-bond donors (Lipinski definition) is 2. The summed E-state index contributed by atoms with van der Waals surface area (Å²) in [5.74, 6) is -2.18. The van der Waals surface area contributed by atoms with E-state index >= 15 is 0 Å². The van der Waals surface area contributed by atoms with Crippen LogP contribution in [0.5, 0.6) is 0 Å². The number of nitrogens with two attached hydrogens (primary N) is 2. The highest BCUT2D eigenvalue weighted by molar-refractivity contribution is 7.18. The van der Waals surface area contributed by atoms with Crippen molar-refractivity contribution in [1.29, 1.82) is 0 Å². The standard InChI is InChI=1S/C16H15ClN2O6S/c1-23-15(21)11-8(12(16(22)24-2)26-13(11)19)6-25-14(20)7-3-4-9(17)10(18)5-7/h3-5H,6,18-19H2,1-2H3. The van der Waals surface area contributed by atoms with Crippen molar-refractivity contribution in [3.05, 3.63) is 44.8 Å². The van der Waals surface area contributed by atoms with E-state index in [0.717, 1.165) is 11.3 Å². The highest BCUT2D eigenvalue weighted by atomic mass is 35.5. The maximum Gasteiger partial charge on any atom is 0.348 e. The predicted octanol–water partition coefficient (Wildman–Crippen LogP) is 2.50. The number of methoxy groups -OCH3 is 2. The number of benzene rings is 1. The van der Waals surface area contributed by atoms with Gasteiger partial charge in [-0.25, -0.2) is 14.4 Å². The molecule has 0 aliphatic rings. The maximum absolute atomic E-state index is 12.2. The molecule has 0 saturated heterocycles. The Balaban J connectivity index is 2.32. The Morgan fingerprint density at radius 3 is 2.31 bits per heavy atom. The molecule has 0 radical (unpaired) electrons. The molecule has 0 bridgehead atoms. The summed E-state index contributed by atoms with van der Waals surface area (Å²) in [5.41, 5.74) is 11.9. The lowest BCUT2D eigenvalue weighted by molar-refractivity contribution is 0.0452. The van der Waals surface area contributed by atoms with Crippen molar-refractivity contribution in [1.82, 2.24) is 0 Å². The van der Waals surface area contributed by atoms with E-state index in [9.17, 15) is 14.4 Å². The molecule has 0 fully saturated rings. The van der Waals surface area contributed by atoms with Gasteiger partial charge in [0, 0.05) is 5.56 Å². The number of nitrogen functional groups attached to an aromatic ring is 2. The quantitative estimate of drug-likeness (QED) is 0.446. The van der Waals surface area contributed by atoms with Crippen LogP contribution in [-0.2, 0) is 20.8 Å². The van der Waals surface area contributed by atoms with Crippen LogP contribution >= 0.6 is 22.9 Å². The normalized spacial score (nSPS) is 10.3. The van der Waals surface area contributed by atoms with Crippen molar-refractivity contribution < 1.29 is 28.6 Å². The van der Waals surface area contributed by atoms with E-state index in [0.29, 0.717) is 5.02 Å². The fraction of sp³-hybridized carbons (Fsp3) is 0.188. The van der Waals surface area contributed by atoms with Crippen LogP contribution in [0.25, 0.3) is 0 Å². The van der Waals surface area contributed by atoms with Gasteiger partial charge in [0.25, 0.3) is 0 Å². The summed E-state index contributed by atoms with van der Waals surface area (Å²) in [5, 5.41) is 0.354. The number of halogens is 1. The van der Waals surface area contributed by atoms with E-state index < -0.39 is 17.9 Å². The van der Waals surface area contributed by atoms with Gasteiger partial charge in [-0.15, -0.1) is 11.3 Å². The Morgan fingerprint density at radius 2 is 1.73 bits per heavy atom. The Labute approximate surface area is 157 Å². The van der Waals surface area contributed by atoms with Crippen LogP contribution in [0.15, 0.2) is 18.2 Å². The number of ether oxygens (including phenoxy) is 3. The van der Waals surface area contributed by atoms with Gasteiger partial charge in [0.05, 0.1) is 30.5 Å². The zero-order chi connectivity index (χ0) is 19.4. The summed E-state index contributed by atoms with van der Waals surface area (Å²) in [4.78, 5) is 36.1. The molecule has 1 aromatic heterocycles. The minimum absolute atomic E-state index is 0.0404. The SMILES string of the molecule is COC(=O)c1sc(N)c(C(=O)OC)c1COC(=O)c1ccc(Cl)c(N)c1. The molecular weight excluding hydrogens is 384 g/mol. The fourth-order valence-corrected chi connectivity index (χ4v) is 3.19. The van der Waals surface area contributed by atoms with E-state index in [1.54, 1.807) is 0 Å². The van der Waals surface area contributed by atoms with Crippen LogP contribution in [0.2, 0.25) is 5.02 Å². The Hall–Kier alpha value is -2.78. The molecule has 26 heavy (non-hydrogen) atoms. The third-order valence-electron chi connectivity index (χ3n) is 3.37. The van der Waals surface area contributed by atoms with Crippen LogP contribution in [-0.4, -0.2) is 32.1 Å². The molecule has 10 heteroatoms. The van der Waals surface area contributed by atoms with Crippen molar-refractivity contribution in [2.75, 3.05) is 25.7 Å². The molecule has 0 amide bonds. The number of thiophene rings is 1. The lowest BCUT2D eigenvalue weighted by Crippen LogP contribution is -2.13. The molecule has 2 rings (SSSR count). The van der Waals surface area contributed by atoms with Gasteiger partial charge in [-0.3, -0.25) is 0 Å². The minimum Gasteiger partial charge on any atom is -0.465 e. The van der Waals surface area contributed by atoms with Crippen LogP contribution in [0.1, 0.15) is 36.0 Å². The second-order valence-corrected chi connectivity index (χ2v) is 6.40. The molecule has 138 valence electrons. The topological polar surface area (TPSA) is 131 Å². The number of esters is 3. The van der Waals surface area contributed by atoms with Gasteiger partial charge in [0.2, 0.25) is 0 Å². The average Bonchev–Trinajstić information content (AvgIpc) is 2.96.